The van der Waals surface area contributed by atoms with Gasteiger partial charge in [-0.2, -0.15) is 0 Å². The van der Waals surface area contributed by atoms with Crippen LogP contribution in [0.1, 0.15) is 6.92 Å². The van der Waals surface area contributed by atoms with Crippen LogP contribution in [0.5, 0.6) is 0 Å². The first kappa shape index (κ1) is 11.5. The summed E-state index contributed by atoms with van der Waals surface area (Å²) >= 11 is 0. The van der Waals surface area contributed by atoms with Crippen molar-refractivity contribution in [3.8, 4) is 0 Å². The summed E-state index contributed by atoms with van der Waals surface area (Å²) in [6.07, 6.45) is 0.690. The van der Waals surface area contributed by atoms with E-state index in [0.717, 1.165) is 0 Å². The number of carbonyl (C=O) groups excluding carboxylic acids is 1. The Morgan fingerprint density at radius 1 is 1.62 bits per heavy atom. The van der Waals surface area contributed by atoms with Crippen molar-refractivity contribution in [3.63, 3.8) is 0 Å². The van der Waals surface area contributed by atoms with Gasteiger partial charge in [0, 0.05) is 5.92 Å². The second-order valence-corrected chi connectivity index (χ2v) is 2.55. The molecule has 13 heavy (non-hydrogen) atoms. The van der Waals surface area contributed by atoms with E-state index in [2.05, 4.69) is 16.6 Å². The zero-order valence-corrected chi connectivity index (χ0v) is 7.61. The number of alkyl carbamates (subject to hydrolysis) is 1. The van der Waals surface area contributed by atoms with Gasteiger partial charge in [0.2, 0.25) is 0 Å². The highest BCUT2D eigenvalue weighted by molar-refractivity contribution is 5.80. The van der Waals surface area contributed by atoms with Crippen LogP contribution in [-0.4, -0.2) is 30.3 Å². The van der Waals surface area contributed by atoms with Crippen LogP contribution in [0.2, 0.25) is 0 Å². The highest BCUT2D eigenvalue weighted by Crippen LogP contribution is 2.04. The van der Waals surface area contributed by atoms with Gasteiger partial charge in [0.05, 0.1) is 7.11 Å². The Morgan fingerprint density at radius 3 is 2.46 bits per heavy atom. The molecule has 2 unspecified atom stereocenters. The number of carboxylic acid groups (broad SMARTS) is 1. The summed E-state index contributed by atoms with van der Waals surface area (Å²) in [5.74, 6) is -1.46. The van der Waals surface area contributed by atoms with E-state index < -0.39 is 18.1 Å². The van der Waals surface area contributed by atoms with E-state index in [1.54, 1.807) is 6.92 Å². The molecule has 0 aromatic rings. The van der Waals surface area contributed by atoms with Gasteiger partial charge in [0.25, 0.3) is 0 Å². The monoisotopic (exact) mass is 187 g/mol. The van der Waals surface area contributed by atoms with Gasteiger partial charge in [-0.05, 0) is 0 Å². The van der Waals surface area contributed by atoms with Crippen molar-refractivity contribution in [3.05, 3.63) is 12.7 Å². The molecule has 2 atom stereocenters. The number of carboxylic acids is 1. The summed E-state index contributed by atoms with van der Waals surface area (Å²) in [6, 6.07) is -0.995. The largest absolute Gasteiger partial charge is 0.480 e. The molecule has 0 radical (unpaired) electrons. The SMILES string of the molecule is C=CC(C)C(NC(=O)OC)C(=O)O. The summed E-state index contributed by atoms with van der Waals surface area (Å²) in [4.78, 5) is 21.3. The number of carbonyl (C=O) groups is 2. The predicted octanol–water partition coefficient (Wildman–Crippen LogP) is 0.618. The first-order valence-corrected chi connectivity index (χ1v) is 3.72. The Hall–Kier alpha value is -1.52. The van der Waals surface area contributed by atoms with Crippen LogP contribution in [0.4, 0.5) is 4.79 Å². The van der Waals surface area contributed by atoms with Crippen molar-refractivity contribution < 1.29 is 19.4 Å². The molecule has 0 saturated heterocycles. The lowest BCUT2D eigenvalue weighted by atomic mass is 10.0. The summed E-state index contributed by atoms with van der Waals surface area (Å²) in [6.45, 7) is 5.08. The number of hydrogen-bond donors (Lipinski definition) is 2. The number of amides is 1. The van der Waals surface area contributed by atoms with Crippen LogP contribution in [0.15, 0.2) is 12.7 Å². The fraction of sp³-hybridized carbons (Fsp3) is 0.500. The van der Waals surface area contributed by atoms with Crippen molar-refractivity contribution in [1.29, 1.82) is 0 Å². The van der Waals surface area contributed by atoms with Gasteiger partial charge in [0.15, 0.2) is 0 Å². The molecular weight excluding hydrogens is 174 g/mol. The molecule has 0 rings (SSSR count). The summed E-state index contributed by atoms with van der Waals surface area (Å²) in [7, 11) is 1.17. The quantitative estimate of drug-likeness (QED) is 0.632. The number of hydrogen-bond acceptors (Lipinski definition) is 3. The molecule has 2 N–H and O–H groups in total. The number of nitrogens with one attached hydrogen (secondary N) is 1. The van der Waals surface area contributed by atoms with Gasteiger partial charge in [-0.15, -0.1) is 6.58 Å². The van der Waals surface area contributed by atoms with E-state index in [-0.39, 0.29) is 5.92 Å². The molecule has 0 aliphatic heterocycles. The van der Waals surface area contributed by atoms with Gasteiger partial charge in [0.1, 0.15) is 6.04 Å². The van der Waals surface area contributed by atoms with E-state index in [4.69, 9.17) is 5.11 Å². The normalized spacial score (nSPS) is 14.0. The standard InChI is InChI=1S/C8H13NO4/c1-4-5(2)6(7(10)11)9-8(12)13-3/h4-6H,1H2,2-3H3,(H,9,12)(H,10,11). The predicted molar refractivity (Wildman–Crippen MR) is 46.3 cm³/mol. The van der Waals surface area contributed by atoms with E-state index >= 15 is 0 Å². The molecule has 1 amide bonds. The first-order chi connectivity index (χ1) is 6.02. The van der Waals surface area contributed by atoms with Crippen molar-refractivity contribution in [2.45, 2.75) is 13.0 Å². The zero-order chi connectivity index (χ0) is 10.4. The minimum Gasteiger partial charge on any atom is -0.480 e. The fourth-order valence-electron chi connectivity index (χ4n) is 0.740. The maximum atomic E-state index is 10.7. The molecule has 5 nitrogen and oxygen atoms in total. The zero-order valence-electron chi connectivity index (χ0n) is 7.61. The maximum absolute atomic E-state index is 10.7. The second-order valence-electron chi connectivity index (χ2n) is 2.55. The molecule has 0 spiro atoms. The fourth-order valence-corrected chi connectivity index (χ4v) is 0.740. The molecule has 74 valence electrons. The summed E-state index contributed by atoms with van der Waals surface area (Å²) in [5.41, 5.74) is 0. The summed E-state index contributed by atoms with van der Waals surface area (Å²) < 4.78 is 4.28. The third-order valence-electron chi connectivity index (χ3n) is 1.62. The van der Waals surface area contributed by atoms with E-state index in [1.165, 1.54) is 13.2 Å². The average molecular weight is 187 g/mol. The Bertz CT molecular complexity index is 214. The number of aliphatic carboxylic acids is 1. The minimum absolute atomic E-state index is 0.350. The average Bonchev–Trinajstić information content (AvgIpc) is 2.11. The van der Waals surface area contributed by atoms with Crippen LogP contribution in [-0.2, 0) is 9.53 Å². The van der Waals surface area contributed by atoms with Crippen LogP contribution < -0.4 is 5.32 Å². The van der Waals surface area contributed by atoms with Gasteiger partial charge in [-0.25, -0.2) is 9.59 Å². The molecule has 0 saturated carbocycles. The van der Waals surface area contributed by atoms with E-state index in [0.29, 0.717) is 0 Å². The van der Waals surface area contributed by atoms with Crippen molar-refractivity contribution in [2.24, 2.45) is 5.92 Å². The minimum atomic E-state index is -1.11. The lowest BCUT2D eigenvalue weighted by Gasteiger charge is -2.17. The Labute approximate surface area is 76.4 Å². The number of methoxy groups -OCH3 is 1. The van der Waals surface area contributed by atoms with Crippen molar-refractivity contribution in [1.82, 2.24) is 5.32 Å². The highest BCUT2D eigenvalue weighted by Gasteiger charge is 2.24. The maximum Gasteiger partial charge on any atom is 0.407 e. The highest BCUT2D eigenvalue weighted by atomic mass is 16.5. The topological polar surface area (TPSA) is 75.6 Å². The van der Waals surface area contributed by atoms with Gasteiger partial charge in [-0.1, -0.05) is 13.0 Å². The molecule has 0 bridgehead atoms. The van der Waals surface area contributed by atoms with Crippen LogP contribution >= 0.6 is 0 Å². The van der Waals surface area contributed by atoms with E-state index in [9.17, 15) is 9.59 Å². The van der Waals surface area contributed by atoms with Crippen LogP contribution in [0.3, 0.4) is 0 Å². The third-order valence-corrected chi connectivity index (χ3v) is 1.62. The molecule has 0 aromatic heterocycles. The summed E-state index contributed by atoms with van der Waals surface area (Å²) in [5, 5.41) is 10.9. The molecule has 0 aliphatic rings. The molecule has 0 heterocycles. The third kappa shape index (κ3) is 3.59. The smallest absolute Gasteiger partial charge is 0.407 e. The van der Waals surface area contributed by atoms with Crippen LogP contribution in [0.25, 0.3) is 0 Å². The molecule has 0 fully saturated rings. The van der Waals surface area contributed by atoms with Crippen LogP contribution in [0, 0.1) is 5.92 Å². The van der Waals surface area contributed by atoms with Gasteiger partial charge < -0.3 is 15.2 Å². The number of ether oxygens (including phenoxy) is 1. The molecule has 0 aliphatic carbocycles. The molecular formula is C8H13NO4. The first-order valence-electron chi connectivity index (χ1n) is 3.72. The Balaban J connectivity index is 4.34. The lowest BCUT2D eigenvalue weighted by Crippen LogP contribution is -2.44. The van der Waals surface area contributed by atoms with E-state index in [1.807, 2.05) is 0 Å². The molecule has 5 heteroatoms. The lowest BCUT2D eigenvalue weighted by molar-refractivity contribution is -0.140. The van der Waals surface area contributed by atoms with Crippen molar-refractivity contribution in [2.75, 3.05) is 7.11 Å². The van der Waals surface area contributed by atoms with Gasteiger partial charge in [-0.3, -0.25) is 0 Å². The second kappa shape index (κ2) is 5.18. The number of rotatable bonds is 4. The molecule has 0 aromatic carbocycles. The Kier molecular flexibility index (Phi) is 4.58. The Morgan fingerprint density at radius 2 is 2.15 bits per heavy atom. The van der Waals surface area contributed by atoms with Crippen molar-refractivity contribution >= 4 is 12.1 Å². The van der Waals surface area contributed by atoms with Gasteiger partial charge >= 0.3 is 12.1 Å².